The molecule has 2 N–H and O–H groups in total. The second-order valence-corrected chi connectivity index (χ2v) is 6.78. The van der Waals surface area contributed by atoms with E-state index < -0.39 is 22.2 Å². The molecule has 1 saturated carbocycles. The van der Waals surface area contributed by atoms with E-state index in [1.54, 1.807) is 20.8 Å². The molecule has 0 radical (unpaired) electrons. The van der Waals surface area contributed by atoms with Gasteiger partial charge in [-0.2, -0.15) is 17.4 Å². The van der Waals surface area contributed by atoms with Gasteiger partial charge in [0.25, 0.3) is 10.2 Å². The van der Waals surface area contributed by atoms with E-state index >= 15 is 0 Å². The monoisotopic (exact) mass is 278 g/mol. The minimum atomic E-state index is -3.71. The van der Waals surface area contributed by atoms with Gasteiger partial charge in [0.1, 0.15) is 6.04 Å². The standard InChI is InChI=1S/C11H22N2O4S/c1-4-13(7-9-5-6-9)18(16,17)12-10(8(2)3)11(14)15/h8-10,12H,4-7H2,1-3H3,(H,14,15). The zero-order chi connectivity index (χ0) is 13.9. The van der Waals surface area contributed by atoms with E-state index in [4.69, 9.17) is 5.11 Å². The molecule has 1 aliphatic rings. The molecule has 1 unspecified atom stereocenters. The fourth-order valence-corrected chi connectivity index (χ4v) is 3.28. The van der Waals surface area contributed by atoms with Crippen molar-refractivity contribution in [3.8, 4) is 0 Å². The Bertz CT molecular complexity index is 390. The van der Waals surface area contributed by atoms with Crippen molar-refractivity contribution in [2.24, 2.45) is 11.8 Å². The highest BCUT2D eigenvalue weighted by Crippen LogP contribution is 2.30. The van der Waals surface area contributed by atoms with Crippen molar-refractivity contribution in [1.29, 1.82) is 0 Å². The Kier molecular flexibility index (Phi) is 5.12. The average molecular weight is 278 g/mol. The van der Waals surface area contributed by atoms with Crippen LogP contribution in [0.25, 0.3) is 0 Å². The van der Waals surface area contributed by atoms with E-state index in [-0.39, 0.29) is 5.92 Å². The molecule has 7 heteroatoms. The Hall–Kier alpha value is -0.660. The molecule has 0 heterocycles. The first-order chi connectivity index (χ1) is 8.27. The molecule has 0 aromatic rings. The maximum Gasteiger partial charge on any atom is 0.322 e. The molecule has 106 valence electrons. The highest BCUT2D eigenvalue weighted by atomic mass is 32.2. The Morgan fingerprint density at radius 3 is 2.33 bits per heavy atom. The number of hydrogen-bond donors (Lipinski definition) is 2. The summed E-state index contributed by atoms with van der Waals surface area (Å²) >= 11 is 0. The van der Waals surface area contributed by atoms with E-state index in [0.717, 1.165) is 12.8 Å². The van der Waals surface area contributed by atoms with E-state index in [1.807, 2.05) is 0 Å². The number of rotatable bonds is 8. The Labute approximate surface area is 109 Å². The summed E-state index contributed by atoms with van der Waals surface area (Å²) in [5, 5.41) is 9.01. The number of carbonyl (C=O) groups is 1. The topological polar surface area (TPSA) is 86.7 Å². The lowest BCUT2D eigenvalue weighted by molar-refractivity contribution is -0.140. The molecule has 0 aromatic heterocycles. The summed E-state index contributed by atoms with van der Waals surface area (Å²) < 4.78 is 27.8. The zero-order valence-electron chi connectivity index (χ0n) is 11.1. The van der Waals surface area contributed by atoms with Crippen molar-refractivity contribution >= 4 is 16.2 Å². The minimum absolute atomic E-state index is 0.295. The second-order valence-electron chi connectivity index (χ2n) is 5.08. The maximum absolute atomic E-state index is 12.1. The average Bonchev–Trinajstić information content (AvgIpc) is 3.05. The van der Waals surface area contributed by atoms with Crippen molar-refractivity contribution in [2.45, 2.75) is 39.7 Å². The van der Waals surface area contributed by atoms with Crippen LogP contribution in [0.3, 0.4) is 0 Å². The molecular formula is C11H22N2O4S. The van der Waals surface area contributed by atoms with Gasteiger partial charge in [0, 0.05) is 13.1 Å². The van der Waals surface area contributed by atoms with Gasteiger partial charge in [0.15, 0.2) is 0 Å². The van der Waals surface area contributed by atoms with Crippen molar-refractivity contribution in [1.82, 2.24) is 9.03 Å². The van der Waals surface area contributed by atoms with Gasteiger partial charge in [-0.05, 0) is 24.7 Å². The molecule has 1 aliphatic carbocycles. The fraction of sp³-hybridized carbons (Fsp3) is 0.909. The van der Waals surface area contributed by atoms with Gasteiger partial charge >= 0.3 is 5.97 Å². The molecule has 1 rings (SSSR count). The number of hydrogen-bond acceptors (Lipinski definition) is 3. The molecule has 0 spiro atoms. The van der Waals surface area contributed by atoms with Gasteiger partial charge in [-0.1, -0.05) is 20.8 Å². The highest BCUT2D eigenvalue weighted by molar-refractivity contribution is 7.87. The minimum Gasteiger partial charge on any atom is -0.480 e. The highest BCUT2D eigenvalue weighted by Gasteiger charge is 2.33. The summed E-state index contributed by atoms with van der Waals surface area (Å²) in [4.78, 5) is 11.0. The maximum atomic E-state index is 12.1. The summed E-state index contributed by atoms with van der Waals surface area (Å²) in [5.74, 6) is -1.00. The van der Waals surface area contributed by atoms with Gasteiger partial charge in [0.2, 0.25) is 0 Å². The Morgan fingerprint density at radius 1 is 1.44 bits per heavy atom. The Morgan fingerprint density at radius 2 is 2.00 bits per heavy atom. The molecule has 18 heavy (non-hydrogen) atoms. The smallest absolute Gasteiger partial charge is 0.322 e. The van der Waals surface area contributed by atoms with Gasteiger partial charge < -0.3 is 5.11 Å². The van der Waals surface area contributed by atoms with Crippen molar-refractivity contribution in [3.05, 3.63) is 0 Å². The lowest BCUT2D eigenvalue weighted by atomic mass is 10.1. The van der Waals surface area contributed by atoms with Crippen molar-refractivity contribution in [3.63, 3.8) is 0 Å². The molecule has 0 aliphatic heterocycles. The largest absolute Gasteiger partial charge is 0.480 e. The molecule has 0 saturated heterocycles. The van der Waals surface area contributed by atoms with Crippen molar-refractivity contribution < 1.29 is 18.3 Å². The summed E-state index contributed by atoms with van der Waals surface area (Å²) in [6, 6.07) is -1.08. The van der Waals surface area contributed by atoms with Crippen LogP contribution in [-0.4, -0.2) is 42.9 Å². The van der Waals surface area contributed by atoms with E-state index in [1.165, 1.54) is 4.31 Å². The van der Waals surface area contributed by atoms with Crippen LogP contribution in [0.5, 0.6) is 0 Å². The molecule has 1 fully saturated rings. The molecule has 6 nitrogen and oxygen atoms in total. The second kappa shape index (κ2) is 5.99. The first-order valence-electron chi connectivity index (χ1n) is 6.28. The van der Waals surface area contributed by atoms with Gasteiger partial charge in [-0.3, -0.25) is 4.79 Å². The Balaban J connectivity index is 2.73. The van der Waals surface area contributed by atoms with E-state index in [9.17, 15) is 13.2 Å². The van der Waals surface area contributed by atoms with Gasteiger partial charge in [0.05, 0.1) is 0 Å². The number of carboxylic acids is 1. The third-order valence-corrected chi connectivity index (χ3v) is 4.70. The van der Waals surface area contributed by atoms with Crippen LogP contribution < -0.4 is 4.72 Å². The van der Waals surface area contributed by atoms with Gasteiger partial charge in [-0.25, -0.2) is 0 Å². The molecule has 0 bridgehead atoms. The number of nitrogens with one attached hydrogen (secondary N) is 1. The first kappa shape index (κ1) is 15.4. The van der Waals surface area contributed by atoms with Crippen LogP contribution >= 0.6 is 0 Å². The zero-order valence-corrected chi connectivity index (χ0v) is 11.9. The summed E-state index contributed by atoms with van der Waals surface area (Å²) in [5.41, 5.74) is 0. The van der Waals surface area contributed by atoms with E-state index in [0.29, 0.717) is 19.0 Å². The number of carboxylic acid groups (broad SMARTS) is 1. The lowest BCUT2D eigenvalue weighted by Gasteiger charge is -2.24. The first-order valence-corrected chi connectivity index (χ1v) is 7.72. The van der Waals surface area contributed by atoms with Crippen LogP contribution in [0.4, 0.5) is 0 Å². The van der Waals surface area contributed by atoms with Gasteiger partial charge in [-0.15, -0.1) is 0 Å². The van der Waals surface area contributed by atoms with Crippen molar-refractivity contribution in [2.75, 3.05) is 13.1 Å². The predicted octanol–water partition coefficient (Wildman–Crippen LogP) is 0.662. The van der Waals surface area contributed by atoms with Crippen LogP contribution in [0.1, 0.15) is 33.6 Å². The van der Waals surface area contributed by atoms with Crippen LogP contribution in [0.2, 0.25) is 0 Å². The fourth-order valence-electron chi connectivity index (χ4n) is 1.69. The summed E-state index contributed by atoms with van der Waals surface area (Å²) in [6.45, 7) is 5.95. The molecular weight excluding hydrogens is 256 g/mol. The summed E-state index contributed by atoms with van der Waals surface area (Å²) in [7, 11) is -3.71. The van der Waals surface area contributed by atoms with Crippen LogP contribution in [-0.2, 0) is 15.0 Å². The summed E-state index contributed by atoms with van der Waals surface area (Å²) in [6.07, 6.45) is 2.11. The van der Waals surface area contributed by atoms with Crippen LogP contribution in [0.15, 0.2) is 0 Å². The van der Waals surface area contributed by atoms with E-state index in [2.05, 4.69) is 4.72 Å². The number of nitrogens with zero attached hydrogens (tertiary/aromatic N) is 1. The molecule has 1 atom stereocenters. The van der Waals surface area contributed by atoms with Crippen LogP contribution in [0, 0.1) is 11.8 Å². The quantitative estimate of drug-likeness (QED) is 0.683. The third kappa shape index (κ3) is 4.22. The third-order valence-electron chi connectivity index (χ3n) is 3.06. The normalized spacial score (nSPS) is 18.3. The lowest BCUT2D eigenvalue weighted by Crippen LogP contribution is -2.50. The molecule has 0 aromatic carbocycles. The predicted molar refractivity (Wildman–Crippen MR) is 68.3 cm³/mol. The molecule has 0 amide bonds. The number of aliphatic carboxylic acids is 1. The SMILES string of the molecule is CCN(CC1CC1)S(=O)(=O)NC(C(=O)O)C(C)C.